The minimum atomic E-state index is -4.59. The molecule has 13 heteroatoms. The number of carbonyl (C=O) groups is 1. The summed E-state index contributed by atoms with van der Waals surface area (Å²) >= 11 is 5.96. The van der Waals surface area contributed by atoms with Crippen molar-refractivity contribution in [2.24, 2.45) is 0 Å². The van der Waals surface area contributed by atoms with Crippen molar-refractivity contribution >= 4 is 44.8 Å². The number of unbranched alkanes of at least 4 members (excludes halogenated alkanes) is 4. The van der Waals surface area contributed by atoms with Crippen LogP contribution < -0.4 is 4.72 Å². The fourth-order valence-corrected chi connectivity index (χ4v) is 9.71. The van der Waals surface area contributed by atoms with Gasteiger partial charge in [0.25, 0.3) is 0 Å². The molecule has 1 unspecified atom stereocenters. The summed E-state index contributed by atoms with van der Waals surface area (Å²) in [4.78, 5) is 12.7. The number of hydrogen-bond acceptors (Lipinski definition) is 8. The zero-order chi connectivity index (χ0) is 30.3. The number of sulfone groups is 1. The molecule has 0 saturated carbocycles. The van der Waals surface area contributed by atoms with Crippen LogP contribution in [0.2, 0.25) is 5.02 Å². The van der Waals surface area contributed by atoms with Gasteiger partial charge in [-0.05, 0) is 50.1 Å². The van der Waals surface area contributed by atoms with Gasteiger partial charge >= 0.3 is 7.60 Å². The Hall–Kier alpha value is -1.85. The molecule has 0 heterocycles. The number of hydrogen-bond donors (Lipinski definition) is 1. The quantitative estimate of drug-likeness (QED) is 0.160. The third-order valence-corrected chi connectivity index (χ3v) is 12.7. The number of Topliss-reactive ketones (excluding diaryl/α,β-unsaturated/α-hetero) is 1. The van der Waals surface area contributed by atoms with Crippen LogP contribution in [-0.4, -0.2) is 41.6 Å². The fourth-order valence-electron chi connectivity index (χ4n) is 4.41. The van der Waals surface area contributed by atoms with Crippen molar-refractivity contribution in [3.63, 3.8) is 0 Å². The highest BCUT2D eigenvalue weighted by Crippen LogP contribution is 2.67. The Bertz CT molecular complexity index is 1510. The van der Waals surface area contributed by atoms with Crippen LogP contribution in [0.1, 0.15) is 75.2 Å². The third-order valence-electron chi connectivity index (χ3n) is 6.70. The lowest BCUT2D eigenvalue weighted by atomic mass is 9.92. The van der Waals surface area contributed by atoms with Crippen LogP contribution in [0.5, 0.6) is 0 Å². The van der Waals surface area contributed by atoms with Gasteiger partial charge in [0.05, 0.1) is 23.9 Å². The van der Waals surface area contributed by atoms with Crippen molar-refractivity contribution in [3.8, 4) is 0 Å². The maximum absolute atomic E-state index is 15.0. The number of fused-ring (bicyclic) bond motifs is 1. The molecule has 1 aliphatic carbocycles. The molecule has 0 aliphatic heterocycles. The molecule has 0 amide bonds. The molecule has 2 aromatic carbocycles. The average molecular weight is 646 g/mol. The van der Waals surface area contributed by atoms with Gasteiger partial charge in [0.2, 0.25) is 25.6 Å². The lowest BCUT2D eigenvalue weighted by Crippen LogP contribution is -2.49. The fraction of sp³-hybridized carbons (Fsp3) is 0.464. The van der Waals surface area contributed by atoms with E-state index in [1.807, 2.05) is 13.8 Å². The van der Waals surface area contributed by atoms with E-state index in [2.05, 4.69) is 4.72 Å². The van der Waals surface area contributed by atoms with E-state index in [1.165, 1.54) is 49.4 Å². The summed E-state index contributed by atoms with van der Waals surface area (Å²) in [6, 6.07) is 11.1. The van der Waals surface area contributed by atoms with Gasteiger partial charge in [-0.15, -0.1) is 0 Å². The second-order valence-electron chi connectivity index (χ2n) is 9.69. The van der Waals surface area contributed by atoms with Gasteiger partial charge < -0.3 is 9.05 Å². The van der Waals surface area contributed by atoms with Crippen LogP contribution in [0.25, 0.3) is 0 Å². The Morgan fingerprint density at radius 1 is 0.854 bits per heavy atom. The molecule has 3 rings (SSSR count). The minimum Gasteiger partial charge on any atom is -0.307 e. The first-order chi connectivity index (χ1) is 19.4. The molecule has 0 spiro atoms. The molecule has 226 valence electrons. The number of ketones is 1. The Morgan fingerprint density at radius 2 is 1.41 bits per heavy atom. The maximum atomic E-state index is 15.0. The van der Waals surface area contributed by atoms with E-state index in [4.69, 9.17) is 20.6 Å². The van der Waals surface area contributed by atoms with Crippen molar-refractivity contribution in [2.45, 2.75) is 69.5 Å². The second kappa shape index (κ2) is 14.1. The highest BCUT2D eigenvalue weighted by atomic mass is 35.5. The molecule has 1 atom stereocenters. The van der Waals surface area contributed by atoms with Crippen LogP contribution in [0, 0.1) is 0 Å². The van der Waals surface area contributed by atoms with Crippen LogP contribution in [0.15, 0.2) is 64.4 Å². The van der Waals surface area contributed by atoms with Gasteiger partial charge in [0, 0.05) is 16.1 Å². The lowest BCUT2D eigenvalue weighted by molar-refractivity contribution is 0.103. The first kappa shape index (κ1) is 33.6. The predicted molar refractivity (Wildman–Crippen MR) is 160 cm³/mol. The van der Waals surface area contributed by atoms with E-state index in [9.17, 15) is 26.2 Å². The van der Waals surface area contributed by atoms with Crippen LogP contribution >= 0.6 is 19.2 Å². The topological polar surface area (TPSA) is 133 Å². The summed E-state index contributed by atoms with van der Waals surface area (Å²) in [7, 11) is -13.3. The molecule has 9 nitrogen and oxygen atoms in total. The van der Waals surface area contributed by atoms with Crippen molar-refractivity contribution in [1.29, 1.82) is 0 Å². The highest BCUT2D eigenvalue weighted by Gasteiger charge is 2.58. The Balaban J connectivity index is 2.37. The normalized spacial score (nSPS) is 17.8. The van der Waals surface area contributed by atoms with Crippen molar-refractivity contribution in [1.82, 2.24) is 4.72 Å². The van der Waals surface area contributed by atoms with Gasteiger partial charge in [-0.3, -0.25) is 9.36 Å². The summed E-state index contributed by atoms with van der Waals surface area (Å²) in [5, 5.41) is -2.05. The van der Waals surface area contributed by atoms with Crippen LogP contribution in [0.4, 0.5) is 0 Å². The number of benzene rings is 2. The third kappa shape index (κ3) is 7.39. The average Bonchev–Trinajstić information content (AvgIpc) is 2.95. The number of rotatable bonds is 16. The lowest BCUT2D eigenvalue weighted by Gasteiger charge is -2.40. The minimum absolute atomic E-state index is 0.00797. The zero-order valence-electron chi connectivity index (χ0n) is 23.5. The molecular formula is C28H37ClNO8PS2. The van der Waals surface area contributed by atoms with Gasteiger partial charge in [0.15, 0.2) is 5.28 Å². The standard InChI is InChI=1S/C28H37ClNO8PS2/c1-4-7-11-19-37-39(32,38-20-12-8-5-2)28(30-40(33,34)6-3)21-26(27(31)24-13-9-10-14-25(24)28)41(35,36)23-17-15-22(29)16-18-23/h9-10,13-18,21,30H,4-8,11-12,19-20H2,1-3H3. The van der Waals surface area contributed by atoms with Gasteiger partial charge in [-0.25, -0.2) is 16.8 Å². The van der Waals surface area contributed by atoms with Crippen molar-refractivity contribution in [2.75, 3.05) is 19.0 Å². The SMILES string of the molecule is CCCCCOP(=O)(OCCCCC)C1(NS(=O)(=O)CC)C=C(S(=O)(=O)c2ccc(Cl)cc2)C(=O)c2ccccc21. The molecule has 0 aromatic heterocycles. The number of allylic oxidation sites excluding steroid dienone is 1. The largest absolute Gasteiger partial charge is 0.360 e. The Kier molecular flexibility index (Phi) is 11.6. The Morgan fingerprint density at radius 3 is 1.95 bits per heavy atom. The van der Waals surface area contributed by atoms with E-state index in [0.29, 0.717) is 12.8 Å². The number of carbonyl (C=O) groups excluding carboxylic acids is 1. The maximum Gasteiger partial charge on any atom is 0.360 e. The van der Waals surface area contributed by atoms with E-state index in [1.54, 1.807) is 6.07 Å². The molecule has 1 N–H and O–H groups in total. The molecule has 1 aliphatic rings. The molecule has 0 bridgehead atoms. The molecule has 2 aromatic rings. The smallest absolute Gasteiger partial charge is 0.307 e. The molecule has 41 heavy (non-hydrogen) atoms. The first-order valence-corrected chi connectivity index (χ1v) is 18.7. The van der Waals surface area contributed by atoms with Crippen molar-refractivity contribution < 1.29 is 35.2 Å². The van der Waals surface area contributed by atoms with Gasteiger partial charge in [-0.2, -0.15) is 4.72 Å². The predicted octanol–water partition coefficient (Wildman–Crippen LogP) is 6.59. The molecule has 0 fully saturated rings. The van der Waals surface area contributed by atoms with E-state index in [0.717, 1.165) is 31.8 Å². The first-order valence-electron chi connectivity index (χ1n) is 13.7. The summed E-state index contributed by atoms with van der Waals surface area (Å²) < 4.78 is 83.6. The van der Waals surface area contributed by atoms with Crippen LogP contribution in [0.3, 0.4) is 0 Å². The second-order valence-corrected chi connectivity index (χ2v) is 16.3. The Labute approximate surface area is 248 Å². The zero-order valence-corrected chi connectivity index (χ0v) is 26.8. The van der Waals surface area contributed by atoms with E-state index < -0.39 is 49.2 Å². The summed E-state index contributed by atoms with van der Waals surface area (Å²) in [6.07, 6.45) is 5.13. The van der Waals surface area contributed by atoms with Gasteiger partial charge in [-0.1, -0.05) is 75.4 Å². The molecule has 0 saturated heterocycles. The van der Waals surface area contributed by atoms with Gasteiger partial charge in [0.1, 0.15) is 4.91 Å². The number of halogens is 1. The highest BCUT2D eigenvalue weighted by molar-refractivity contribution is 7.96. The van der Waals surface area contributed by atoms with Crippen LogP contribution in [-0.2, 0) is 38.8 Å². The summed E-state index contributed by atoms with van der Waals surface area (Å²) in [6.45, 7) is 5.30. The molecular weight excluding hydrogens is 609 g/mol. The summed E-state index contributed by atoms with van der Waals surface area (Å²) in [5.74, 6) is -1.28. The number of sulfonamides is 1. The number of nitrogens with one attached hydrogen (secondary N) is 1. The van der Waals surface area contributed by atoms with Crippen molar-refractivity contribution in [3.05, 3.63) is 75.7 Å². The molecule has 0 radical (unpaired) electrons. The monoisotopic (exact) mass is 645 g/mol. The summed E-state index contributed by atoms with van der Waals surface area (Å²) in [5.41, 5.74) is -0.137. The van der Waals surface area contributed by atoms with E-state index in [-0.39, 0.29) is 34.3 Å². The van der Waals surface area contributed by atoms with E-state index >= 15 is 0 Å².